The van der Waals surface area contributed by atoms with Gasteiger partial charge in [0.15, 0.2) is 0 Å². The Morgan fingerprint density at radius 1 is 1.73 bits per heavy atom. The highest BCUT2D eigenvalue weighted by Gasteiger charge is 1.98. The summed E-state index contributed by atoms with van der Waals surface area (Å²) in [6.07, 6.45) is 5.55. The highest BCUT2D eigenvalue weighted by Crippen LogP contribution is 2.04. The van der Waals surface area contributed by atoms with Gasteiger partial charge in [-0.15, -0.1) is 11.8 Å². The van der Waals surface area contributed by atoms with Gasteiger partial charge in [-0.2, -0.15) is 0 Å². The van der Waals surface area contributed by atoms with E-state index in [1.807, 2.05) is 6.07 Å². The average molecular weight is 171 g/mol. The van der Waals surface area contributed by atoms with Crippen molar-refractivity contribution >= 4 is 11.8 Å². The van der Waals surface area contributed by atoms with E-state index in [-0.39, 0.29) is 0 Å². The molecule has 2 nitrogen and oxygen atoms in total. The van der Waals surface area contributed by atoms with Crippen molar-refractivity contribution in [1.82, 2.24) is 5.32 Å². The Hall–Kier alpha value is -0.410. The molecular weight excluding hydrogens is 158 g/mol. The van der Waals surface area contributed by atoms with E-state index in [1.54, 1.807) is 24.3 Å². The van der Waals surface area contributed by atoms with E-state index < -0.39 is 0 Å². The zero-order valence-corrected chi connectivity index (χ0v) is 7.65. The molecule has 11 heavy (non-hydrogen) atoms. The van der Waals surface area contributed by atoms with E-state index in [2.05, 4.69) is 18.5 Å². The smallest absolute Gasteiger partial charge is 0.0947 e. The Morgan fingerprint density at radius 2 is 2.55 bits per heavy atom. The lowest BCUT2D eigenvalue weighted by atomic mass is 10.3. The maximum absolute atomic E-state index is 4.93. The molecule has 1 rings (SSSR count). The number of nitrogens with one attached hydrogen (secondary N) is 1. The summed E-state index contributed by atoms with van der Waals surface area (Å²) in [4.78, 5) is 0. The first kappa shape index (κ1) is 8.68. The lowest BCUT2D eigenvalue weighted by Crippen LogP contribution is -2.21. The van der Waals surface area contributed by atoms with E-state index in [1.165, 1.54) is 5.56 Å². The fraction of sp³-hybridized carbons (Fsp3) is 0.500. The number of thioether (sulfide) groups is 1. The summed E-state index contributed by atoms with van der Waals surface area (Å²) < 4.78 is 4.93. The van der Waals surface area contributed by atoms with Gasteiger partial charge in [0.25, 0.3) is 0 Å². The van der Waals surface area contributed by atoms with E-state index in [0.717, 1.165) is 6.54 Å². The van der Waals surface area contributed by atoms with Gasteiger partial charge in [0.2, 0.25) is 0 Å². The largest absolute Gasteiger partial charge is 0.472 e. The minimum absolute atomic E-state index is 0.505. The van der Waals surface area contributed by atoms with Gasteiger partial charge in [-0.1, -0.05) is 0 Å². The normalized spacial score (nSPS) is 13.3. The van der Waals surface area contributed by atoms with Crippen LogP contribution in [0.15, 0.2) is 23.0 Å². The molecule has 1 aromatic heterocycles. The van der Waals surface area contributed by atoms with Crippen molar-refractivity contribution in [3.63, 3.8) is 0 Å². The minimum atomic E-state index is 0.505. The Labute approximate surface area is 71.4 Å². The van der Waals surface area contributed by atoms with Crippen molar-refractivity contribution in [2.24, 2.45) is 0 Å². The molecule has 0 bridgehead atoms. The number of hydrogen-bond donors (Lipinski definition) is 1. The van der Waals surface area contributed by atoms with Crippen molar-refractivity contribution in [2.75, 3.05) is 6.26 Å². The van der Waals surface area contributed by atoms with Crippen molar-refractivity contribution in [3.05, 3.63) is 24.2 Å². The minimum Gasteiger partial charge on any atom is -0.472 e. The molecule has 0 amide bonds. The van der Waals surface area contributed by atoms with Crippen LogP contribution in [0.1, 0.15) is 12.5 Å². The van der Waals surface area contributed by atoms with Crippen LogP contribution in [-0.4, -0.2) is 11.6 Å². The summed E-state index contributed by atoms with van der Waals surface area (Å²) in [5.74, 6) is 0. The second kappa shape index (κ2) is 4.46. The maximum atomic E-state index is 4.93. The predicted octanol–water partition coefficient (Wildman–Crippen LogP) is 2.08. The maximum Gasteiger partial charge on any atom is 0.0947 e. The molecule has 62 valence electrons. The number of furan rings is 1. The summed E-state index contributed by atoms with van der Waals surface area (Å²) >= 11 is 1.80. The Bertz CT molecular complexity index is 186. The van der Waals surface area contributed by atoms with Gasteiger partial charge in [0.1, 0.15) is 0 Å². The molecule has 0 radical (unpaired) electrons. The molecule has 0 aromatic carbocycles. The second-order valence-corrected chi connectivity index (χ2v) is 3.57. The molecule has 1 aromatic rings. The van der Waals surface area contributed by atoms with Crippen LogP contribution in [0.5, 0.6) is 0 Å². The monoisotopic (exact) mass is 171 g/mol. The molecule has 1 unspecified atom stereocenters. The van der Waals surface area contributed by atoms with Gasteiger partial charge in [0.05, 0.1) is 17.9 Å². The van der Waals surface area contributed by atoms with Crippen molar-refractivity contribution in [3.8, 4) is 0 Å². The van der Waals surface area contributed by atoms with Crippen LogP contribution in [0, 0.1) is 0 Å². The fourth-order valence-electron chi connectivity index (χ4n) is 0.738. The first-order chi connectivity index (χ1) is 5.33. The van der Waals surface area contributed by atoms with Crippen LogP contribution in [0.2, 0.25) is 0 Å². The van der Waals surface area contributed by atoms with Gasteiger partial charge in [-0.3, -0.25) is 0 Å². The molecule has 3 heteroatoms. The van der Waals surface area contributed by atoms with Gasteiger partial charge < -0.3 is 9.73 Å². The molecule has 0 spiro atoms. The Morgan fingerprint density at radius 3 is 3.09 bits per heavy atom. The highest BCUT2D eigenvalue weighted by atomic mass is 32.2. The summed E-state index contributed by atoms with van der Waals surface area (Å²) in [7, 11) is 0. The Kier molecular flexibility index (Phi) is 3.52. The molecule has 1 heterocycles. The SMILES string of the molecule is CSC(C)NCc1ccoc1. The standard InChI is InChI=1S/C8H13NOS/c1-7(11-2)9-5-8-3-4-10-6-8/h3-4,6-7,9H,5H2,1-2H3. The second-order valence-electron chi connectivity index (χ2n) is 2.39. The quantitative estimate of drug-likeness (QED) is 0.702. The van der Waals surface area contributed by atoms with Crippen LogP contribution < -0.4 is 5.32 Å². The van der Waals surface area contributed by atoms with Crippen LogP contribution in [-0.2, 0) is 6.54 Å². The van der Waals surface area contributed by atoms with Crippen LogP contribution in [0.3, 0.4) is 0 Å². The van der Waals surface area contributed by atoms with Gasteiger partial charge in [-0.25, -0.2) is 0 Å². The zero-order valence-electron chi connectivity index (χ0n) is 6.83. The molecule has 0 aliphatic rings. The first-order valence-corrected chi connectivity index (χ1v) is 4.89. The lowest BCUT2D eigenvalue weighted by Gasteiger charge is -2.08. The number of rotatable bonds is 4. The molecule has 0 saturated heterocycles. The molecule has 0 aliphatic heterocycles. The summed E-state index contributed by atoms with van der Waals surface area (Å²) in [5, 5.41) is 3.84. The van der Waals surface area contributed by atoms with E-state index in [4.69, 9.17) is 4.42 Å². The summed E-state index contributed by atoms with van der Waals surface area (Å²) in [6, 6.07) is 1.97. The van der Waals surface area contributed by atoms with Crippen LogP contribution in [0.4, 0.5) is 0 Å². The van der Waals surface area contributed by atoms with Gasteiger partial charge >= 0.3 is 0 Å². The molecule has 0 saturated carbocycles. The van der Waals surface area contributed by atoms with E-state index in [0.29, 0.717) is 5.37 Å². The molecule has 1 atom stereocenters. The average Bonchev–Trinajstić information content (AvgIpc) is 2.52. The summed E-state index contributed by atoms with van der Waals surface area (Å²) in [6.45, 7) is 3.03. The zero-order chi connectivity index (χ0) is 8.10. The lowest BCUT2D eigenvalue weighted by molar-refractivity contribution is 0.560. The van der Waals surface area contributed by atoms with Gasteiger partial charge in [0, 0.05) is 12.1 Å². The highest BCUT2D eigenvalue weighted by molar-refractivity contribution is 7.99. The summed E-state index contributed by atoms with van der Waals surface area (Å²) in [5.41, 5.74) is 1.20. The third kappa shape index (κ3) is 2.99. The fourth-order valence-corrected chi connectivity index (χ4v) is 0.988. The molecule has 0 fully saturated rings. The van der Waals surface area contributed by atoms with Crippen molar-refractivity contribution in [1.29, 1.82) is 0 Å². The van der Waals surface area contributed by atoms with Crippen molar-refractivity contribution in [2.45, 2.75) is 18.8 Å². The Balaban J connectivity index is 2.23. The van der Waals surface area contributed by atoms with Crippen LogP contribution in [0.25, 0.3) is 0 Å². The van der Waals surface area contributed by atoms with Crippen LogP contribution >= 0.6 is 11.8 Å². The predicted molar refractivity (Wildman–Crippen MR) is 48.5 cm³/mol. The molecular formula is C8H13NOS. The number of hydrogen-bond acceptors (Lipinski definition) is 3. The first-order valence-electron chi connectivity index (χ1n) is 3.60. The van der Waals surface area contributed by atoms with E-state index >= 15 is 0 Å². The molecule has 1 N–H and O–H groups in total. The molecule has 0 aliphatic carbocycles. The van der Waals surface area contributed by atoms with E-state index in [9.17, 15) is 0 Å². The third-order valence-electron chi connectivity index (χ3n) is 1.53. The van der Waals surface area contributed by atoms with Crippen molar-refractivity contribution < 1.29 is 4.42 Å². The van der Waals surface area contributed by atoms with Gasteiger partial charge in [-0.05, 0) is 19.2 Å². The topological polar surface area (TPSA) is 25.2 Å². The third-order valence-corrected chi connectivity index (χ3v) is 2.40.